The summed E-state index contributed by atoms with van der Waals surface area (Å²) in [6.45, 7) is 5.07. The third-order valence-electron chi connectivity index (χ3n) is 3.02. The molecule has 0 aliphatic rings. The molecule has 0 spiro atoms. The quantitative estimate of drug-likeness (QED) is 0.919. The number of carbonyl (C=O) groups is 1. The smallest absolute Gasteiger partial charge is 0.274 e. The molecular weight excluding hydrogens is 271 g/mol. The molecule has 1 aromatic carbocycles. The van der Waals surface area contributed by atoms with Crippen LogP contribution >= 0.6 is 0 Å². The largest absolute Gasteiger partial charge is 0.339 e. The molecule has 0 saturated heterocycles. The van der Waals surface area contributed by atoms with Crippen molar-refractivity contribution >= 4 is 17.4 Å². The lowest BCUT2D eigenvalue weighted by Crippen LogP contribution is -2.31. The molecule has 6 heteroatoms. The Bertz CT molecular complexity index is 611. The molecule has 0 atom stereocenters. The average Bonchev–Trinajstić information content (AvgIpc) is 2.49. The second-order valence-electron chi connectivity index (χ2n) is 4.40. The second kappa shape index (κ2) is 6.78. The van der Waals surface area contributed by atoms with Gasteiger partial charge in [0.25, 0.3) is 5.91 Å². The Hall–Kier alpha value is -2.50. The first-order valence-electron chi connectivity index (χ1n) is 6.78. The Labute approximate surface area is 122 Å². The third kappa shape index (κ3) is 3.75. The van der Waals surface area contributed by atoms with Crippen molar-refractivity contribution in [3.8, 4) is 0 Å². The van der Waals surface area contributed by atoms with Gasteiger partial charge in [-0.25, -0.2) is 14.4 Å². The number of hydrogen-bond donors (Lipinski definition) is 1. The highest BCUT2D eigenvalue weighted by atomic mass is 19.1. The molecule has 0 fully saturated rings. The van der Waals surface area contributed by atoms with Crippen molar-refractivity contribution in [3.05, 3.63) is 48.2 Å². The van der Waals surface area contributed by atoms with E-state index in [1.165, 1.54) is 24.5 Å². The Morgan fingerprint density at radius 2 is 2.00 bits per heavy atom. The molecule has 0 aliphatic carbocycles. The molecule has 1 amide bonds. The summed E-state index contributed by atoms with van der Waals surface area (Å²) < 4.78 is 13.1. The van der Waals surface area contributed by atoms with E-state index in [-0.39, 0.29) is 11.7 Å². The Balaban J connectivity index is 2.10. The van der Waals surface area contributed by atoms with Crippen molar-refractivity contribution in [2.24, 2.45) is 0 Å². The van der Waals surface area contributed by atoms with Crippen LogP contribution < -0.4 is 5.32 Å². The van der Waals surface area contributed by atoms with Crippen molar-refractivity contribution in [2.45, 2.75) is 13.8 Å². The highest BCUT2D eigenvalue weighted by Gasteiger charge is 2.14. The Morgan fingerprint density at radius 1 is 1.24 bits per heavy atom. The highest BCUT2D eigenvalue weighted by Crippen LogP contribution is 2.14. The molecule has 21 heavy (non-hydrogen) atoms. The first kappa shape index (κ1) is 14.9. The number of hydrogen-bond acceptors (Lipinski definition) is 4. The maximum atomic E-state index is 13.1. The summed E-state index contributed by atoms with van der Waals surface area (Å²) in [5, 5.41) is 2.93. The molecule has 0 aliphatic heterocycles. The van der Waals surface area contributed by atoms with E-state index in [0.717, 1.165) is 0 Å². The van der Waals surface area contributed by atoms with Crippen LogP contribution in [-0.4, -0.2) is 33.9 Å². The van der Waals surface area contributed by atoms with E-state index in [0.29, 0.717) is 30.3 Å². The maximum absolute atomic E-state index is 13.1. The fourth-order valence-corrected chi connectivity index (χ4v) is 1.89. The lowest BCUT2D eigenvalue weighted by Gasteiger charge is -2.17. The molecule has 110 valence electrons. The van der Waals surface area contributed by atoms with Gasteiger partial charge in [0.2, 0.25) is 0 Å². The number of carbonyl (C=O) groups excluding carboxylic acids is 1. The van der Waals surface area contributed by atoms with Crippen molar-refractivity contribution < 1.29 is 9.18 Å². The minimum Gasteiger partial charge on any atom is -0.339 e. The van der Waals surface area contributed by atoms with Gasteiger partial charge in [-0.15, -0.1) is 0 Å². The SMILES string of the molecule is CCN(CC)C(=O)c1cnc(Nc2cccc(F)c2)cn1. The first-order chi connectivity index (χ1) is 10.1. The van der Waals surface area contributed by atoms with E-state index in [2.05, 4.69) is 15.3 Å². The van der Waals surface area contributed by atoms with Crippen LogP contribution in [-0.2, 0) is 0 Å². The summed E-state index contributed by atoms with van der Waals surface area (Å²) in [5.74, 6) is -0.0252. The van der Waals surface area contributed by atoms with Gasteiger partial charge in [0.1, 0.15) is 17.3 Å². The maximum Gasteiger partial charge on any atom is 0.274 e. The minimum atomic E-state index is -0.332. The van der Waals surface area contributed by atoms with E-state index in [9.17, 15) is 9.18 Å². The van der Waals surface area contributed by atoms with E-state index < -0.39 is 0 Å². The van der Waals surface area contributed by atoms with E-state index in [1.807, 2.05) is 13.8 Å². The number of nitrogens with one attached hydrogen (secondary N) is 1. The van der Waals surface area contributed by atoms with E-state index in [4.69, 9.17) is 0 Å². The zero-order valence-electron chi connectivity index (χ0n) is 12.0. The number of benzene rings is 1. The predicted molar refractivity (Wildman–Crippen MR) is 79.0 cm³/mol. The fraction of sp³-hybridized carbons (Fsp3) is 0.267. The molecular formula is C15H17FN4O. The molecule has 1 heterocycles. The van der Waals surface area contributed by atoms with Gasteiger partial charge in [-0.3, -0.25) is 4.79 Å². The van der Waals surface area contributed by atoms with Crippen LogP contribution in [0.2, 0.25) is 0 Å². The summed E-state index contributed by atoms with van der Waals surface area (Å²) in [7, 11) is 0. The normalized spacial score (nSPS) is 10.2. The summed E-state index contributed by atoms with van der Waals surface area (Å²) >= 11 is 0. The number of nitrogens with zero attached hydrogens (tertiary/aromatic N) is 3. The van der Waals surface area contributed by atoms with Gasteiger partial charge in [-0.1, -0.05) is 6.07 Å². The molecule has 0 unspecified atom stereocenters. The molecule has 2 aromatic rings. The topological polar surface area (TPSA) is 58.1 Å². The summed E-state index contributed by atoms with van der Waals surface area (Å²) in [6, 6.07) is 6.04. The van der Waals surface area contributed by atoms with Gasteiger partial charge in [0.05, 0.1) is 12.4 Å². The molecule has 2 rings (SSSR count). The van der Waals surface area contributed by atoms with Gasteiger partial charge in [-0.2, -0.15) is 0 Å². The number of halogens is 1. The van der Waals surface area contributed by atoms with Crippen LogP contribution in [0.25, 0.3) is 0 Å². The Morgan fingerprint density at radius 3 is 2.57 bits per heavy atom. The first-order valence-corrected chi connectivity index (χ1v) is 6.78. The van der Waals surface area contributed by atoms with Crippen molar-refractivity contribution in [2.75, 3.05) is 18.4 Å². The van der Waals surface area contributed by atoms with Crippen LogP contribution in [0.4, 0.5) is 15.9 Å². The average molecular weight is 288 g/mol. The zero-order chi connectivity index (χ0) is 15.2. The van der Waals surface area contributed by atoms with Crippen LogP contribution in [0.3, 0.4) is 0 Å². The number of anilines is 2. The number of aromatic nitrogens is 2. The van der Waals surface area contributed by atoms with Crippen LogP contribution in [0.15, 0.2) is 36.7 Å². The summed E-state index contributed by atoms with van der Waals surface area (Å²) in [4.78, 5) is 22.0. The highest BCUT2D eigenvalue weighted by molar-refractivity contribution is 5.92. The predicted octanol–water partition coefficient (Wildman–Crippen LogP) is 2.84. The van der Waals surface area contributed by atoms with Crippen molar-refractivity contribution in [1.29, 1.82) is 0 Å². The van der Waals surface area contributed by atoms with Crippen LogP contribution in [0.1, 0.15) is 24.3 Å². The second-order valence-corrected chi connectivity index (χ2v) is 4.40. The lowest BCUT2D eigenvalue weighted by molar-refractivity contribution is 0.0766. The van der Waals surface area contributed by atoms with E-state index in [1.54, 1.807) is 17.0 Å². The van der Waals surface area contributed by atoms with Crippen LogP contribution in [0.5, 0.6) is 0 Å². The van der Waals surface area contributed by atoms with Gasteiger partial charge in [0.15, 0.2) is 0 Å². The van der Waals surface area contributed by atoms with Crippen LogP contribution in [0, 0.1) is 5.82 Å². The summed E-state index contributed by atoms with van der Waals surface area (Å²) in [5.41, 5.74) is 0.871. The van der Waals surface area contributed by atoms with Gasteiger partial charge < -0.3 is 10.2 Å². The molecule has 1 N–H and O–H groups in total. The lowest BCUT2D eigenvalue weighted by atomic mass is 10.3. The minimum absolute atomic E-state index is 0.148. The van der Waals surface area contributed by atoms with Gasteiger partial charge >= 0.3 is 0 Å². The van der Waals surface area contributed by atoms with Crippen molar-refractivity contribution in [3.63, 3.8) is 0 Å². The number of rotatable bonds is 5. The standard InChI is InChI=1S/C15H17FN4O/c1-3-20(4-2)15(21)13-9-18-14(10-17-13)19-12-7-5-6-11(16)8-12/h5-10H,3-4H2,1-2H3,(H,18,19). The molecule has 0 radical (unpaired) electrons. The third-order valence-corrected chi connectivity index (χ3v) is 3.02. The van der Waals surface area contributed by atoms with E-state index >= 15 is 0 Å². The molecule has 1 aromatic heterocycles. The molecule has 5 nitrogen and oxygen atoms in total. The number of amides is 1. The zero-order valence-corrected chi connectivity index (χ0v) is 12.0. The fourth-order valence-electron chi connectivity index (χ4n) is 1.89. The molecule has 0 saturated carbocycles. The van der Waals surface area contributed by atoms with Crippen molar-refractivity contribution in [1.82, 2.24) is 14.9 Å². The van der Waals surface area contributed by atoms with Gasteiger partial charge in [-0.05, 0) is 32.0 Å². The monoisotopic (exact) mass is 288 g/mol. The summed E-state index contributed by atoms with van der Waals surface area (Å²) in [6.07, 6.45) is 2.88. The Kier molecular flexibility index (Phi) is 4.81. The van der Waals surface area contributed by atoms with Gasteiger partial charge in [0, 0.05) is 18.8 Å². The molecule has 0 bridgehead atoms.